The molecule has 3 aromatic heterocycles. The molecule has 7 heteroatoms. The standard InChI is InChI=1S/C19H15FN4OS/c1-12-16(19(25)22-9-15-3-2-8-26-15)10-21-18-17(11-23-24(12)18)13-4-6-14(20)7-5-13/h2-8,10-11H,9H2,1H3,(H,22,25). The van der Waals surface area contributed by atoms with Gasteiger partial charge < -0.3 is 5.32 Å². The summed E-state index contributed by atoms with van der Waals surface area (Å²) in [5.41, 5.74) is 3.42. The minimum absolute atomic E-state index is 0.191. The van der Waals surface area contributed by atoms with Gasteiger partial charge in [-0.15, -0.1) is 11.3 Å². The van der Waals surface area contributed by atoms with Crippen molar-refractivity contribution in [2.45, 2.75) is 13.5 Å². The minimum atomic E-state index is -0.293. The highest BCUT2D eigenvalue weighted by Gasteiger charge is 2.16. The first kappa shape index (κ1) is 16.4. The van der Waals surface area contributed by atoms with E-state index in [2.05, 4.69) is 15.4 Å². The molecule has 0 aliphatic carbocycles. The molecule has 0 fully saturated rings. The van der Waals surface area contributed by atoms with Gasteiger partial charge in [-0.2, -0.15) is 5.10 Å². The van der Waals surface area contributed by atoms with Gasteiger partial charge in [-0.25, -0.2) is 13.9 Å². The molecular formula is C19H15FN4OS. The minimum Gasteiger partial charge on any atom is -0.347 e. The number of thiophene rings is 1. The normalized spacial score (nSPS) is 11.0. The van der Waals surface area contributed by atoms with Crippen LogP contribution in [-0.2, 0) is 6.54 Å². The van der Waals surface area contributed by atoms with Gasteiger partial charge in [0.25, 0.3) is 5.91 Å². The van der Waals surface area contributed by atoms with Crippen LogP contribution >= 0.6 is 11.3 Å². The molecule has 5 nitrogen and oxygen atoms in total. The maximum Gasteiger partial charge on any atom is 0.254 e. The van der Waals surface area contributed by atoms with Crippen LogP contribution < -0.4 is 5.32 Å². The summed E-state index contributed by atoms with van der Waals surface area (Å²) in [6, 6.07) is 10.1. The number of nitrogens with one attached hydrogen (secondary N) is 1. The molecule has 26 heavy (non-hydrogen) atoms. The number of benzene rings is 1. The predicted octanol–water partition coefficient (Wildman–Crippen LogP) is 3.84. The van der Waals surface area contributed by atoms with Crippen LogP contribution in [-0.4, -0.2) is 20.5 Å². The lowest BCUT2D eigenvalue weighted by molar-refractivity contribution is 0.0949. The van der Waals surface area contributed by atoms with Gasteiger partial charge in [0, 0.05) is 16.6 Å². The Labute approximate surface area is 153 Å². The van der Waals surface area contributed by atoms with E-state index in [1.165, 1.54) is 12.1 Å². The van der Waals surface area contributed by atoms with Crippen LogP contribution in [0.2, 0.25) is 0 Å². The van der Waals surface area contributed by atoms with Gasteiger partial charge in [0.1, 0.15) is 5.82 Å². The molecule has 4 aromatic rings. The van der Waals surface area contributed by atoms with Crippen LogP contribution in [0.25, 0.3) is 16.8 Å². The molecule has 0 saturated carbocycles. The highest BCUT2D eigenvalue weighted by Crippen LogP contribution is 2.24. The number of halogens is 1. The van der Waals surface area contributed by atoms with Crippen molar-refractivity contribution in [3.63, 3.8) is 0 Å². The lowest BCUT2D eigenvalue weighted by atomic mass is 10.1. The van der Waals surface area contributed by atoms with E-state index in [9.17, 15) is 9.18 Å². The first-order chi connectivity index (χ1) is 12.6. The van der Waals surface area contributed by atoms with Crippen LogP contribution in [0.4, 0.5) is 4.39 Å². The fourth-order valence-corrected chi connectivity index (χ4v) is 3.42. The van der Waals surface area contributed by atoms with Crippen LogP contribution in [0.3, 0.4) is 0 Å². The second-order valence-corrected chi connectivity index (χ2v) is 6.85. The van der Waals surface area contributed by atoms with Crippen molar-refractivity contribution in [3.8, 4) is 11.1 Å². The molecule has 1 N–H and O–H groups in total. The van der Waals surface area contributed by atoms with E-state index in [1.54, 1.807) is 40.4 Å². The third-order valence-corrected chi connectivity index (χ3v) is 5.05. The van der Waals surface area contributed by atoms with E-state index in [1.807, 2.05) is 24.4 Å². The number of carbonyl (C=O) groups is 1. The maximum atomic E-state index is 13.1. The molecule has 0 aliphatic heterocycles. The molecule has 0 spiro atoms. The first-order valence-corrected chi connectivity index (χ1v) is 8.91. The maximum absolute atomic E-state index is 13.1. The summed E-state index contributed by atoms with van der Waals surface area (Å²) in [5.74, 6) is -0.483. The lowest BCUT2D eigenvalue weighted by Gasteiger charge is -2.08. The van der Waals surface area contributed by atoms with Crippen LogP contribution in [0.1, 0.15) is 20.9 Å². The van der Waals surface area contributed by atoms with Gasteiger partial charge in [-0.1, -0.05) is 18.2 Å². The number of carbonyl (C=O) groups excluding carboxylic acids is 1. The zero-order valence-corrected chi connectivity index (χ0v) is 14.8. The Morgan fingerprint density at radius 3 is 2.77 bits per heavy atom. The van der Waals surface area contributed by atoms with E-state index in [0.29, 0.717) is 23.4 Å². The largest absolute Gasteiger partial charge is 0.347 e. The Morgan fingerprint density at radius 2 is 2.04 bits per heavy atom. The monoisotopic (exact) mass is 366 g/mol. The molecule has 130 valence electrons. The Kier molecular flexibility index (Phi) is 4.22. The molecule has 0 bridgehead atoms. The molecule has 0 atom stereocenters. The zero-order valence-electron chi connectivity index (χ0n) is 13.9. The van der Waals surface area contributed by atoms with Gasteiger partial charge in [0.15, 0.2) is 5.65 Å². The number of aryl methyl sites for hydroxylation is 1. The summed E-state index contributed by atoms with van der Waals surface area (Å²) in [6.45, 7) is 2.31. The molecule has 3 heterocycles. The Morgan fingerprint density at radius 1 is 1.23 bits per heavy atom. The Bertz CT molecular complexity index is 1070. The summed E-state index contributed by atoms with van der Waals surface area (Å²) in [6.07, 6.45) is 3.24. The van der Waals surface area contributed by atoms with Crippen LogP contribution in [0, 0.1) is 12.7 Å². The summed E-state index contributed by atoms with van der Waals surface area (Å²) < 4.78 is 14.8. The van der Waals surface area contributed by atoms with Gasteiger partial charge >= 0.3 is 0 Å². The SMILES string of the molecule is Cc1c(C(=O)NCc2cccs2)cnc2c(-c3ccc(F)cc3)cnn12. The first-order valence-electron chi connectivity index (χ1n) is 8.03. The van der Waals surface area contributed by atoms with Crippen molar-refractivity contribution in [2.75, 3.05) is 0 Å². The molecule has 0 radical (unpaired) electrons. The quantitative estimate of drug-likeness (QED) is 0.597. The van der Waals surface area contributed by atoms with Gasteiger partial charge in [0.2, 0.25) is 0 Å². The van der Waals surface area contributed by atoms with Crippen molar-refractivity contribution in [3.05, 3.63) is 76.1 Å². The fourth-order valence-electron chi connectivity index (χ4n) is 2.78. The van der Waals surface area contributed by atoms with E-state index >= 15 is 0 Å². The number of hydrogen-bond acceptors (Lipinski definition) is 4. The van der Waals surface area contributed by atoms with Crippen LogP contribution in [0.5, 0.6) is 0 Å². The second-order valence-electron chi connectivity index (χ2n) is 5.82. The summed E-state index contributed by atoms with van der Waals surface area (Å²) in [7, 11) is 0. The lowest BCUT2D eigenvalue weighted by Crippen LogP contribution is -2.24. The summed E-state index contributed by atoms with van der Waals surface area (Å²) in [5, 5.41) is 9.23. The summed E-state index contributed by atoms with van der Waals surface area (Å²) >= 11 is 1.59. The molecule has 0 saturated heterocycles. The third-order valence-electron chi connectivity index (χ3n) is 4.17. The van der Waals surface area contributed by atoms with Crippen molar-refractivity contribution >= 4 is 22.9 Å². The van der Waals surface area contributed by atoms with Crippen molar-refractivity contribution in [1.29, 1.82) is 0 Å². The molecule has 4 rings (SSSR count). The highest BCUT2D eigenvalue weighted by atomic mass is 32.1. The Balaban J connectivity index is 1.65. The number of aromatic nitrogens is 3. The second kappa shape index (κ2) is 6.68. The van der Waals surface area contributed by atoms with Crippen molar-refractivity contribution in [1.82, 2.24) is 19.9 Å². The van der Waals surface area contributed by atoms with Crippen LogP contribution in [0.15, 0.2) is 54.2 Å². The molecule has 0 unspecified atom stereocenters. The zero-order chi connectivity index (χ0) is 18.1. The number of fused-ring (bicyclic) bond motifs is 1. The highest BCUT2D eigenvalue weighted by molar-refractivity contribution is 7.09. The van der Waals surface area contributed by atoms with Crippen molar-refractivity contribution in [2.24, 2.45) is 0 Å². The summed E-state index contributed by atoms with van der Waals surface area (Å²) in [4.78, 5) is 18.0. The van der Waals surface area contributed by atoms with E-state index < -0.39 is 0 Å². The molecular weight excluding hydrogens is 351 g/mol. The topological polar surface area (TPSA) is 59.3 Å². The number of hydrogen-bond donors (Lipinski definition) is 1. The molecule has 1 amide bonds. The average molecular weight is 366 g/mol. The Hall–Kier alpha value is -3.06. The van der Waals surface area contributed by atoms with Gasteiger partial charge in [0.05, 0.1) is 24.0 Å². The van der Waals surface area contributed by atoms with Gasteiger partial charge in [-0.3, -0.25) is 4.79 Å². The third kappa shape index (κ3) is 2.97. The number of rotatable bonds is 4. The average Bonchev–Trinajstić information content (AvgIpc) is 3.31. The van der Waals surface area contributed by atoms with Gasteiger partial charge in [-0.05, 0) is 36.1 Å². The number of amides is 1. The van der Waals surface area contributed by atoms with E-state index in [-0.39, 0.29) is 11.7 Å². The fraction of sp³-hybridized carbons (Fsp3) is 0.105. The van der Waals surface area contributed by atoms with Crippen molar-refractivity contribution < 1.29 is 9.18 Å². The van der Waals surface area contributed by atoms with E-state index in [4.69, 9.17) is 0 Å². The molecule has 0 aliphatic rings. The smallest absolute Gasteiger partial charge is 0.254 e. The molecule has 1 aromatic carbocycles. The van der Waals surface area contributed by atoms with E-state index in [0.717, 1.165) is 16.0 Å². The predicted molar refractivity (Wildman–Crippen MR) is 98.6 cm³/mol. The number of nitrogens with zero attached hydrogens (tertiary/aromatic N) is 3.